The van der Waals surface area contributed by atoms with Crippen LogP contribution in [0, 0.1) is 0 Å². The average Bonchev–Trinajstić information content (AvgIpc) is 2.04. The monoisotopic (exact) mass is 190 g/mol. The molecule has 0 bridgehead atoms. The second-order valence-corrected chi connectivity index (χ2v) is 2.10. The normalized spacial score (nSPS) is 11.0. The van der Waals surface area contributed by atoms with Crippen molar-refractivity contribution in [1.82, 2.24) is 4.98 Å². The van der Waals surface area contributed by atoms with Crippen molar-refractivity contribution in [2.75, 3.05) is 0 Å². The van der Waals surface area contributed by atoms with Crippen LogP contribution in [-0.2, 0) is 6.18 Å². The Balaban J connectivity index is 2.87. The van der Waals surface area contributed by atoms with Gasteiger partial charge in [-0.15, -0.1) is 0 Å². The van der Waals surface area contributed by atoms with Crippen LogP contribution in [0.15, 0.2) is 23.5 Å². The molecule has 1 heterocycles. The van der Waals surface area contributed by atoms with E-state index in [4.69, 9.17) is 0 Å². The summed E-state index contributed by atoms with van der Waals surface area (Å²) in [4.78, 5) is 7.77. The van der Waals surface area contributed by atoms with Gasteiger partial charge in [0.15, 0.2) is 0 Å². The highest BCUT2D eigenvalue weighted by molar-refractivity contribution is 5.23. The summed E-state index contributed by atoms with van der Waals surface area (Å²) in [6, 6.07) is 1.92. The summed E-state index contributed by atoms with van der Waals surface area (Å²) in [5.41, 5.74) is -0.830. The maximum atomic E-state index is 12.0. The maximum absolute atomic E-state index is 12.0. The Labute approximate surface area is 71.8 Å². The molecule has 1 aromatic heterocycles. The van der Waals surface area contributed by atoms with Gasteiger partial charge in [0.2, 0.25) is 5.88 Å². The van der Waals surface area contributed by atoms with Crippen LogP contribution in [0.4, 0.5) is 13.2 Å². The van der Waals surface area contributed by atoms with Gasteiger partial charge in [-0.3, -0.25) is 0 Å². The lowest BCUT2D eigenvalue weighted by molar-refractivity contribution is -0.137. The molecule has 0 aromatic carbocycles. The molecule has 0 aliphatic heterocycles. The molecule has 0 N–H and O–H groups in total. The highest BCUT2D eigenvalue weighted by atomic mass is 19.4. The molecule has 3 nitrogen and oxygen atoms in total. The molecule has 0 saturated carbocycles. The zero-order chi connectivity index (χ0) is 9.90. The first kappa shape index (κ1) is 9.50. The zero-order valence-corrected chi connectivity index (χ0v) is 6.38. The second kappa shape index (κ2) is 3.42. The lowest BCUT2D eigenvalue weighted by Gasteiger charge is -2.05. The summed E-state index contributed by atoms with van der Waals surface area (Å²) in [6.45, 7) is 2.99. The van der Waals surface area contributed by atoms with Crippen molar-refractivity contribution in [3.8, 4) is 5.88 Å². The van der Waals surface area contributed by atoms with E-state index in [1.165, 1.54) is 0 Å². The topological polar surface area (TPSA) is 34.5 Å². The first-order valence-corrected chi connectivity index (χ1v) is 3.20. The quantitative estimate of drug-likeness (QED) is 0.528. The third kappa shape index (κ3) is 2.43. The fourth-order valence-electron chi connectivity index (χ4n) is 0.668. The number of hydrogen-bond donors (Lipinski definition) is 0. The minimum Gasteiger partial charge on any atom is -0.337 e. The molecule has 70 valence electrons. The van der Waals surface area contributed by atoms with Crippen LogP contribution >= 0.6 is 0 Å². The molecule has 1 rings (SSSR count). The third-order valence-corrected chi connectivity index (χ3v) is 1.22. The van der Waals surface area contributed by atoms with Crippen molar-refractivity contribution < 1.29 is 18.0 Å². The van der Waals surface area contributed by atoms with Gasteiger partial charge in [-0.25, -0.2) is 4.98 Å². The van der Waals surface area contributed by atoms with Crippen LogP contribution in [0.5, 0.6) is 5.88 Å². The van der Waals surface area contributed by atoms with Gasteiger partial charge in [0.1, 0.15) is 0 Å². The highest BCUT2D eigenvalue weighted by Crippen LogP contribution is 2.29. The number of nitrogens with zero attached hydrogens (tertiary/aromatic N) is 2. The number of hydrogen-bond acceptors (Lipinski definition) is 3. The van der Waals surface area contributed by atoms with Crippen molar-refractivity contribution in [3.05, 3.63) is 23.9 Å². The molecule has 1 aromatic rings. The van der Waals surface area contributed by atoms with Gasteiger partial charge in [-0.05, 0) is 6.07 Å². The summed E-state index contributed by atoms with van der Waals surface area (Å²) < 4.78 is 36.0. The summed E-state index contributed by atoms with van der Waals surface area (Å²) in [6.07, 6.45) is -3.71. The molecule has 0 spiro atoms. The van der Waals surface area contributed by atoms with E-state index in [1.807, 2.05) is 0 Å². The van der Waals surface area contributed by atoms with Gasteiger partial charge in [-0.1, -0.05) is 5.16 Å². The average molecular weight is 190 g/mol. The number of rotatable bonds is 2. The molecule has 0 saturated heterocycles. The van der Waals surface area contributed by atoms with E-state index in [-0.39, 0.29) is 5.88 Å². The third-order valence-electron chi connectivity index (χ3n) is 1.22. The van der Waals surface area contributed by atoms with E-state index in [2.05, 4.69) is 21.7 Å². The van der Waals surface area contributed by atoms with Gasteiger partial charge in [-0.2, -0.15) is 13.2 Å². The molecule has 0 radical (unpaired) electrons. The summed E-state index contributed by atoms with van der Waals surface area (Å²) in [5, 5.41) is 3.00. The Morgan fingerprint density at radius 2 is 2.08 bits per heavy atom. The van der Waals surface area contributed by atoms with E-state index in [0.717, 1.165) is 12.1 Å². The number of aromatic nitrogens is 1. The van der Waals surface area contributed by atoms with Crippen LogP contribution in [0.1, 0.15) is 5.56 Å². The van der Waals surface area contributed by atoms with Crippen molar-refractivity contribution in [2.24, 2.45) is 5.16 Å². The molecule has 0 amide bonds. The predicted octanol–water partition coefficient (Wildman–Crippen LogP) is 2.09. The largest absolute Gasteiger partial charge is 0.417 e. The first-order valence-electron chi connectivity index (χ1n) is 3.20. The van der Waals surface area contributed by atoms with Crippen LogP contribution in [0.3, 0.4) is 0 Å². The molecular weight excluding hydrogens is 185 g/mol. The van der Waals surface area contributed by atoms with Gasteiger partial charge in [0, 0.05) is 19.0 Å². The van der Waals surface area contributed by atoms with E-state index in [1.54, 1.807) is 0 Å². The first-order chi connectivity index (χ1) is 6.04. The van der Waals surface area contributed by atoms with Gasteiger partial charge >= 0.3 is 6.18 Å². The Hall–Kier alpha value is -1.59. The lowest BCUT2D eigenvalue weighted by Crippen LogP contribution is -2.05. The highest BCUT2D eigenvalue weighted by Gasteiger charge is 2.30. The smallest absolute Gasteiger partial charge is 0.337 e. The molecule has 0 aliphatic rings. The van der Waals surface area contributed by atoms with Crippen molar-refractivity contribution >= 4 is 6.72 Å². The van der Waals surface area contributed by atoms with Gasteiger partial charge in [0.25, 0.3) is 0 Å². The number of halogens is 3. The van der Waals surface area contributed by atoms with Gasteiger partial charge < -0.3 is 4.84 Å². The standard InChI is InChI=1S/C7H5F3N2O/c1-11-13-6-3-2-5(4-12-6)7(8,9)10/h2-4H,1H2. The zero-order valence-electron chi connectivity index (χ0n) is 6.38. The maximum Gasteiger partial charge on any atom is 0.417 e. The van der Waals surface area contributed by atoms with E-state index in [0.29, 0.717) is 6.20 Å². The minimum atomic E-state index is -4.38. The Morgan fingerprint density at radius 1 is 1.38 bits per heavy atom. The summed E-state index contributed by atoms with van der Waals surface area (Å²) in [7, 11) is 0. The predicted molar refractivity (Wildman–Crippen MR) is 39.4 cm³/mol. The Bertz CT molecular complexity index is 294. The molecule has 0 fully saturated rings. The van der Waals surface area contributed by atoms with Crippen LogP contribution in [-0.4, -0.2) is 11.7 Å². The van der Waals surface area contributed by atoms with Crippen LogP contribution in [0.25, 0.3) is 0 Å². The molecular formula is C7H5F3N2O. The molecule has 0 unspecified atom stereocenters. The fourth-order valence-corrected chi connectivity index (χ4v) is 0.668. The fraction of sp³-hybridized carbons (Fsp3) is 0.143. The lowest BCUT2D eigenvalue weighted by atomic mass is 10.3. The van der Waals surface area contributed by atoms with Crippen molar-refractivity contribution in [2.45, 2.75) is 6.18 Å². The number of alkyl halides is 3. The van der Waals surface area contributed by atoms with Crippen molar-refractivity contribution in [1.29, 1.82) is 0 Å². The van der Waals surface area contributed by atoms with Crippen LogP contribution in [0.2, 0.25) is 0 Å². The Morgan fingerprint density at radius 3 is 2.46 bits per heavy atom. The van der Waals surface area contributed by atoms with Gasteiger partial charge in [0.05, 0.1) is 5.56 Å². The molecule has 6 heteroatoms. The Kier molecular flexibility index (Phi) is 2.50. The second-order valence-electron chi connectivity index (χ2n) is 2.10. The van der Waals surface area contributed by atoms with E-state index in [9.17, 15) is 13.2 Å². The molecule has 0 aliphatic carbocycles. The number of pyridine rings is 1. The molecule has 0 atom stereocenters. The van der Waals surface area contributed by atoms with Crippen LogP contribution < -0.4 is 4.84 Å². The number of oxime groups is 1. The van der Waals surface area contributed by atoms with Crippen molar-refractivity contribution in [3.63, 3.8) is 0 Å². The van der Waals surface area contributed by atoms with E-state index < -0.39 is 11.7 Å². The summed E-state index contributed by atoms with van der Waals surface area (Å²) in [5.74, 6) is -0.0250. The SMILES string of the molecule is C=NOc1ccc(C(F)(F)F)cn1. The minimum absolute atomic E-state index is 0.0250. The summed E-state index contributed by atoms with van der Waals surface area (Å²) >= 11 is 0. The molecule has 13 heavy (non-hydrogen) atoms. The van der Waals surface area contributed by atoms with E-state index >= 15 is 0 Å².